The lowest BCUT2D eigenvalue weighted by Crippen LogP contribution is -2.07. The number of carbonyl (C=O) groups is 1. The Bertz CT molecular complexity index is 565. The third-order valence-electron chi connectivity index (χ3n) is 2.69. The predicted molar refractivity (Wildman–Crippen MR) is 69.5 cm³/mol. The van der Waals surface area contributed by atoms with Gasteiger partial charge in [0.05, 0.1) is 6.61 Å². The highest BCUT2D eigenvalue weighted by molar-refractivity contribution is 5.84. The standard InChI is InChI=1S/C13H16N4O2/c1-2-19-13(18)12-15-11(16-17-12)7-9-5-3-4-6-10(9)8-14/h3-6H,2,7-8,14H2,1H3,(H,15,16,17). The van der Waals surface area contributed by atoms with Crippen LogP contribution in [0.2, 0.25) is 0 Å². The number of rotatable bonds is 5. The number of aromatic amines is 1. The van der Waals surface area contributed by atoms with Gasteiger partial charge in [0.15, 0.2) is 0 Å². The van der Waals surface area contributed by atoms with E-state index in [0.717, 1.165) is 11.1 Å². The van der Waals surface area contributed by atoms with E-state index in [-0.39, 0.29) is 5.82 Å². The van der Waals surface area contributed by atoms with E-state index in [2.05, 4.69) is 15.2 Å². The molecule has 0 spiro atoms. The van der Waals surface area contributed by atoms with Crippen molar-refractivity contribution in [1.29, 1.82) is 0 Å². The largest absolute Gasteiger partial charge is 0.460 e. The summed E-state index contributed by atoms with van der Waals surface area (Å²) in [6.45, 7) is 2.51. The fourth-order valence-electron chi connectivity index (χ4n) is 1.77. The van der Waals surface area contributed by atoms with Crippen molar-refractivity contribution in [2.45, 2.75) is 19.9 Å². The maximum Gasteiger partial charge on any atom is 0.378 e. The number of ether oxygens (including phenoxy) is 1. The van der Waals surface area contributed by atoms with Crippen molar-refractivity contribution in [3.63, 3.8) is 0 Å². The van der Waals surface area contributed by atoms with Crippen LogP contribution in [0, 0.1) is 0 Å². The summed E-state index contributed by atoms with van der Waals surface area (Å²) in [4.78, 5) is 15.6. The van der Waals surface area contributed by atoms with Crippen LogP contribution in [0.15, 0.2) is 24.3 Å². The summed E-state index contributed by atoms with van der Waals surface area (Å²) in [5.41, 5.74) is 7.80. The fourth-order valence-corrected chi connectivity index (χ4v) is 1.77. The van der Waals surface area contributed by atoms with E-state index in [9.17, 15) is 4.79 Å². The molecule has 6 heteroatoms. The summed E-state index contributed by atoms with van der Waals surface area (Å²) in [7, 11) is 0. The van der Waals surface area contributed by atoms with Crippen LogP contribution < -0.4 is 5.73 Å². The Morgan fingerprint density at radius 1 is 1.37 bits per heavy atom. The second kappa shape index (κ2) is 6.10. The van der Waals surface area contributed by atoms with E-state index < -0.39 is 5.97 Å². The maximum absolute atomic E-state index is 11.4. The van der Waals surface area contributed by atoms with Gasteiger partial charge in [0.25, 0.3) is 5.82 Å². The minimum atomic E-state index is -0.517. The van der Waals surface area contributed by atoms with Crippen LogP contribution in [0.25, 0.3) is 0 Å². The molecule has 0 bridgehead atoms. The summed E-state index contributed by atoms with van der Waals surface area (Å²) in [5.74, 6) is 0.156. The number of benzene rings is 1. The van der Waals surface area contributed by atoms with Gasteiger partial charge in [-0.15, -0.1) is 5.10 Å². The zero-order chi connectivity index (χ0) is 13.7. The molecule has 1 aromatic carbocycles. The SMILES string of the molecule is CCOC(=O)c1n[nH]c(Cc2ccccc2CN)n1. The fraction of sp³-hybridized carbons (Fsp3) is 0.308. The summed E-state index contributed by atoms with van der Waals surface area (Å²) < 4.78 is 4.83. The molecule has 0 amide bonds. The first-order chi connectivity index (χ1) is 9.24. The Labute approximate surface area is 111 Å². The maximum atomic E-state index is 11.4. The first-order valence-corrected chi connectivity index (χ1v) is 6.09. The molecule has 0 fully saturated rings. The minimum Gasteiger partial charge on any atom is -0.460 e. The zero-order valence-electron chi connectivity index (χ0n) is 10.7. The minimum absolute atomic E-state index is 0.0575. The van der Waals surface area contributed by atoms with Crippen molar-refractivity contribution < 1.29 is 9.53 Å². The van der Waals surface area contributed by atoms with Gasteiger partial charge in [-0.1, -0.05) is 24.3 Å². The number of carbonyl (C=O) groups excluding carboxylic acids is 1. The zero-order valence-corrected chi connectivity index (χ0v) is 10.7. The monoisotopic (exact) mass is 260 g/mol. The molecule has 19 heavy (non-hydrogen) atoms. The van der Waals surface area contributed by atoms with Gasteiger partial charge in [0.2, 0.25) is 0 Å². The highest BCUT2D eigenvalue weighted by Gasteiger charge is 2.14. The molecular weight excluding hydrogens is 244 g/mol. The lowest BCUT2D eigenvalue weighted by atomic mass is 10.0. The van der Waals surface area contributed by atoms with E-state index in [1.54, 1.807) is 6.92 Å². The lowest BCUT2D eigenvalue weighted by molar-refractivity contribution is 0.0512. The first-order valence-electron chi connectivity index (χ1n) is 6.09. The van der Waals surface area contributed by atoms with Crippen molar-refractivity contribution in [2.75, 3.05) is 6.61 Å². The van der Waals surface area contributed by atoms with E-state index in [1.807, 2.05) is 24.3 Å². The second-order valence-electron chi connectivity index (χ2n) is 3.98. The van der Waals surface area contributed by atoms with Crippen molar-refractivity contribution >= 4 is 5.97 Å². The van der Waals surface area contributed by atoms with Crippen LogP contribution in [-0.4, -0.2) is 27.8 Å². The van der Waals surface area contributed by atoms with Gasteiger partial charge >= 0.3 is 5.97 Å². The van der Waals surface area contributed by atoms with E-state index >= 15 is 0 Å². The Hall–Kier alpha value is -2.21. The number of H-pyrrole nitrogens is 1. The molecule has 0 aliphatic carbocycles. The molecule has 6 nitrogen and oxygen atoms in total. The first kappa shape index (κ1) is 13.2. The molecule has 0 saturated heterocycles. The van der Waals surface area contributed by atoms with Crippen molar-refractivity contribution in [2.24, 2.45) is 5.73 Å². The van der Waals surface area contributed by atoms with Crippen LogP contribution in [0.4, 0.5) is 0 Å². The number of esters is 1. The highest BCUT2D eigenvalue weighted by Crippen LogP contribution is 2.11. The Kier molecular flexibility index (Phi) is 4.25. The molecule has 3 N–H and O–H groups in total. The van der Waals surface area contributed by atoms with Crippen LogP contribution >= 0.6 is 0 Å². The molecule has 1 aromatic heterocycles. The summed E-state index contributed by atoms with van der Waals surface area (Å²) in [6.07, 6.45) is 0.555. The topological polar surface area (TPSA) is 93.9 Å². The third kappa shape index (κ3) is 3.17. The summed E-state index contributed by atoms with van der Waals surface area (Å²) >= 11 is 0. The molecule has 100 valence electrons. The van der Waals surface area contributed by atoms with Crippen LogP contribution in [0.5, 0.6) is 0 Å². The van der Waals surface area contributed by atoms with Gasteiger partial charge in [-0.3, -0.25) is 5.10 Å². The number of nitrogens with one attached hydrogen (secondary N) is 1. The van der Waals surface area contributed by atoms with Gasteiger partial charge in [-0.2, -0.15) is 0 Å². The third-order valence-corrected chi connectivity index (χ3v) is 2.69. The Balaban J connectivity index is 2.13. The van der Waals surface area contributed by atoms with E-state index in [0.29, 0.717) is 25.4 Å². The molecule has 0 radical (unpaired) electrons. The smallest absolute Gasteiger partial charge is 0.378 e. The molecule has 0 aliphatic heterocycles. The Morgan fingerprint density at radius 2 is 2.11 bits per heavy atom. The van der Waals surface area contributed by atoms with Crippen molar-refractivity contribution in [1.82, 2.24) is 15.2 Å². The van der Waals surface area contributed by atoms with Crippen LogP contribution in [-0.2, 0) is 17.7 Å². The molecule has 0 atom stereocenters. The number of hydrogen-bond acceptors (Lipinski definition) is 5. The van der Waals surface area contributed by atoms with Crippen LogP contribution in [0.1, 0.15) is 34.5 Å². The second-order valence-corrected chi connectivity index (χ2v) is 3.98. The molecule has 2 rings (SSSR count). The molecule has 0 unspecified atom stereocenters. The Morgan fingerprint density at radius 3 is 2.79 bits per heavy atom. The lowest BCUT2D eigenvalue weighted by Gasteiger charge is -2.04. The van der Waals surface area contributed by atoms with Gasteiger partial charge in [-0.05, 0) is 18.1 Å². The van der Waals surface area contributed by atoms with Gasteiger partial charge < -0.3 is 10.5 Å². The molecule has 0 aliphatic rings. The van der Waals surface area contributed by atoms with Crippen molar-refractivity contribution in [3.8, 4) is 0 Å². The van der Waals surface area contributed by atoms with E-state index in [1.165, 1.54) is 0 Å². The van der Waals surface area contributed by atoms with Gasteiger partial charge in [-0.25, -0.2) is 9.78 Å². The van der Waals surface area contributed by atoms with Gasteiger partial charge in [0, 0.05) is 13.0 Å². The average Bonchev–Trinajstić information content (AvgIpc) is 2.88. The highest BCUT2D eigenvalue weighted by atomic mass is 16.5. The number of nitrogens with two attached hydrogens (primary N) is 1. The quantitative estimate of drug-likeness (QED) is 0.783. The normalized spacial score (nSPS) is 10.4. The molecule has 1 heterocycles. The number of hydrogen-bond donors (Lipinski definition) is 2. The number of nitrogens with zero attached hydrogens (tertiary/aromatic N) is 2. The van der Waals surface area contributed by atoms with Crippen LogP contribution in [0.3, 0.4) is 0 Å². The average molecular weight is 260 g/mol. The molecular formula is C13H16N4O2. The van der Waals surface area contributed by atoms with Crippen molar-refractivity contribution in [3.05, 3.63) is 47.0 Å². The predicted octanol–water partition coefficient (Wildman–Crippen LogP) is 1.03. The van der Waals surface area contributed by atoms with Gasteiger partial charge in [0.1, 0.15) is 5.82 Å². The summed E-state index contributed by atoms with van der Waals surface area (Å²) in [5, 5.41) is 6.59. The number of aromatic nitrogens is 3. The molecule has 0 saturated carbocycles. The molecule has 2 aromatic rings. The summed E-state index contributed by atoms with van der Waals surface area (Å²) in [6, 6.07) is 7.83. The van der Waals surface area contributed by atoms with E-state index in [4.69, 9.17) is 10.5 Å².